The number of nitrogens with two attached hydrogens (primary N) is 1. The zero-order valence-corrected chi connectivity index (χ0v) is 11.4. The van der Waals surface area contributed by atoms with Crippen LogP contribution in [0, 0.1) is 0 Å². The van der Waals surface area contributed by atoms with Crippen molar-refractivity contribution in [2.75, 3.05) is 24.6 Å². The molecule has 0 spiro atoms. The minimum absolute atomic E-state index is 0.403. The number of nitrogens with zero attached hydrogens (tertiary/aromatic N) is 3. The summed E-state index contributed by atoms with van der Waals surface area (Å²) in [5.41, 5.74) is 6.75. The first kappa shape index (κ1) is 12.1. The van der Waals surface area contributed by atoms with E-state index in [0.29, 0.717) is 4.75 Å². The Hall–Kier alpha value is -0.330. The Balaban J connectivity index is 1.94. The average molecular weight is 258 g/mol. The van der Waals surface area contributed by atoms with Gasteiger partial charge in [0.15, 0.2) is 0 Å². The zero-order chi connectivity index (χ0) is 11.6. The average Bonchev–Trinajstić information content (AvgIpc) is 2.52. The van der Waals surface area contributed by atoms with E-state index in [-0.39, 0.29) is 0 Å². The molecule has 0 unspecified atom stereocenters. The van der Waals surface area contributed by atoms with Crippen molar-refractivity contribution in [2.45, 2.75) is 31.6 Å². The van der Waals surface area contributed by atoms with E-state index in [1.54, 1.807) is 0 Å². The summed E-state index contributed by atoms with van der Waals surface area (Å²) in [6, 6.07) is 0. The van der Waals surface area contributed by atoms with Gasteiger partial charge in [0, 0.05) is 35.1 Å². The minimum atomic E-state index is 0.403. The fourth-order valence-corrected chi connectivity index (χ4v) is 3.33. The van der Waals surface area contributed by atoms with E-state index in [1.807, 2.05) is 0 Å². The van der Waals surface area contributed by atoms with Crippen LogP contribution in [0.4, 0.5) is 5.00 Å². The third-order valence-electron chi connectivity index (χ3n) is 2.89. The first-order valence-electron chi connectivity index (χ1n) is 5.50. The Morgan fingerprint density at radius 1 is 1.44 bits per heavy atom. The fraction of sp³-hybridized carbons (Fsp3) is 0.800. The number of hydrogen-bond acceptors (Lipinski definition) is 6. The molecule has 1 fully saturated rings. The van der Waals surface area contributed by atoms with Gasteiger partial charge in [-0.2, -0.15) is 11.8 Å². The molecule has 0 radical (unpaired) electrons. The van der Waals surface area contributed by atoms with Crippen molar-refractivity contribution in [1.82, 2.24) is 14.5 Å². The number of nitrogen functional groups attached to an aromatic ring is 1. The van der Waals surface area contributed by atoms with E-state index in [0.717, 1.165) is 30.3 Å². The third-order valence-corrected chi connectivity index (χ3v) is 4.86. The maximum absolute atomic E-state index is 5.81. The van der Waals surface area contributed by atoms with Gasteiger partial charge in [0.1, 0.15) is 10.7 Å². The summed E-state index contributed by atoms with van der Waals surface area (Å²) in [4.78, 5) is 2.43. The first-order valence-corrected chi connectivity index (χ1v) is 7.26. The molecule has 0 amide bonds. The maximum Gasteiger partial charge on any atom is 0.132 e. The van der Waals surface area contributed by atoms with Gasteiger partial charge in [-0.1, -0.05) is 18.3 Å². The van der Waals surface area contributed by atoms with Crippen molar-refractivity contribution in [3.63, 3.8) is 0 Å². The van der Waals surface area contributed by atoms with Crippen LogP contribution in [-0.4, -0.2) is 38.1 Å². The molecule has 2 N–H and O–H groups in total. The number of aromatic nitrogens is 2. The minimum Gasteiger partial charge on any atom is -0.388 e. The van der Waals surface area contributed by atoms with Crippen LogP contribution in [0.5, 0.6) is 0 Å². The van der Waals surface area contributed by atoms with Gasteiger partial charge >= 0.3 is 0 Å². The number of rotatable bonds is 2. The lowest BCUT2D eigenvalue weighted by atomic mass is 10.1. The highest BCUT2D eigenvalue weighted by Crippen LogP contribution is 2.31. The van der Waals surface area contributed by atoms with Gasteiger partial charge in [-0.15, -0.1) is 5.10 Å². The summed E-state index contributed by atoms with van der Waals surface area (Å²) in [5, 5.41) is 4.83. The molecular weight excluding hydrogens is 240 g/mol. The molecule has 0 aromatic carbocycles. The molecule has 2 rings (SSSR count). The third kappa shape index (κ3) is 3.09. The summed E-state index contributed by atoms with van der Waals surface area (Å²) in [7, 11) is 0. The molecule has 1 aromatic rings. The monoisotopic (exact) mass is 258 g/mol. The van der Waals surface area contributed by atoms with Crippen molar-refractivity contribution in [3.05, 3.63) is 5.69 Å². The molecule has 2 heterocycles. The van der Waals surface area contributed by atoms with Crippen LogP contribution >= 0.6 is 23.3 Å². The number of hydrogen-bond donors (Lipinski definition) is 1. The second-order valence-corrected chi connectivity index (χ2v) is 7.31. The molecule has 0 atom stereocenters. The Morgan fingerprint density at radius 3 is 2.94 bits per heavy atom. The molecule has 1 aliphatic rings. The Bertz CT molecular complexity index is 350. The fourth-order valence-electron chi connectivity index (χ4n) is 1.76. The summed E-state index contributed by atoms with van der Waals surface area (Å²) >= 11 is 3.34. The molecule has 16 heavy (non-hydrogen) atoms. The van der Waals surface area contributed by atoms with Gasteiger partial charge in [-0.3, -0.25) is 4.90 Å². The van der Waals surface area contributed by atoms with Crippen LogP contribution in [0.1, 0.15) is 26.0 Å². The second-order valence-electron chi connectivity index (χ2n) is 4.72. The molecule has 0 bridgehead atoms. The van der Waals surface area contributed by atoms with Crippen molar-refractivity contribution >= 4 is 28.3 Å². The highest BCUT2D eigenvalue weighted by atomic mass is 32.2. The maximum atomic E-state index is 5.81. The summed E-state index contributed by atoms with van der Waals surface area (Å²) in [6.45, 7) is 7.72. The summed E-state index contributed by atoms with van der Waals surface area (Å²) < 4.78 is 4.28. The van der Waals surface area contributed by atoms with Gasteiger partial charge in [0.05, 0.1) is 0 Å². The van der Waals surface area contributed by atoms with Gasteiger partial charge in [0.2, 0.25) is 0 Å². The predicted molar refractivity (Wildman–Crippen MR) is 70.8 cm³/mol. The Morgan fingerprint density at radius 2 is 2.25 bits per heavy atom. The van der Waals surface area contributed by atoms with Gasteiger partial charge in [0.25, 0.3) is 0 Å². The van der Waals surface area contributed by atoms with Gasteiger partial charge in [-0.05, 0) is 13.0 Å². The quantitative estimate of drug-likeness (QED) is 0.877. The summed E-state index contributed by atoms with van der Waals surface area (Å²) in [6.07, 6.45) is 1.22. The zero-order valence-electron chi connectivity index (χ0n) is 9.77. The molecule has 90 valence electrons. The first-order chi connectivity index (χ1) is 7.57. The number of thioether (sulfide) groups is 1. The standard InChI is InChI=1S/C10H18N4S2/c1-10(2)3-4-14(5-6-15-10)7-8-9(11)16-13-12-8/h3-7,11H2,1-2H3. The molecule has 1 aromatic heterocycles. The predicted octanol–water partition coefficient (Wildman–Crippen LogP) is 1.84. The van der Waals surface area contributed by atoms with E-state index < -0.39 is 0 Å². The van der Waals surface area contributed by atoms with E-state index in [4.69, 9.17) is 5.73 Å². The van der Waals surface area contributed by atoms with E-state index in [1.165, 1.54) is 23.7 Å². The van der Waals surface area contributed by atoms with Gasteiger partial charge in [-0.25, -0.2) is 0 Å². The summed E-state index contributed by atoms with van der Waals surface area (Å²) in [5.74, 6) is 1.18. The lowest BCUT2D eigenvalue weighted by Gasteiger charge is -2.22. The lowest BCUT2D eigenvalue weighted by Crippen LogP contribution is -2.27. The molecule has 1 saturated heterocycles. The van der Waals surface area contributed by atoms with Crippen LogP contribution in [-0.2, 0) is 6.54 Å². The van der Waals surface area contributed by atoms with Crippen LogP contribution in [0.3, 0.4) is 0 Å². The Kier molecular flexibility index (Phi) is 3.71. The normalized spacial score (nSPS) is 21.9. The molecule has 6 heteroatoms. The smallest absolute Gasteiger partial charge is 0.132 e. The number of anilines is 1. The van der Waals surface area contributed by atoms with E-state index in [9.17, 15) is 0 Å². The molecular formula is C10H18N4S2. The van der Waals surface area contributed by atoms with Crippen molar-refractivity contribution in [1.29, 1.82) is 0 Å². The molecule has 0 aliphatic carbocycles. The SMILES string of the molecule is CC1(C)CCN(Cc2nnsc2N)CCS1. The highest BCUT2D eigenvalue weighted by molar-refractivity contribution is 8.00. The van der Waals surface area contributed by atoms with Crippen molar-refractivity contribution in [3.8, 4) is 0 Å². The highest BCUT2D eigenvalue weighted by Gasteiger charge is 2.24. The van der Waals surface area contributed by atoms with Crippen molar-refractivity contribution < 1.29 is 0 Å². The Labute approximate surface area is 105 Å². The lowest BCUT2D eigenvalue weighted by molar-refractivity contribution is 0.273. The largest absolute Gasteiger partial charge is 0.388 e. The van der Waals surface area contributed by atoms with Gasteiger partial charge < -0.3 is 5.73 Å². The van der Waals surface area contributed by atoms with E-state index >= 15 is 0 Å². The van der Waals surface area contributed by atoms with Crippen LogP contribution < -0.4 is 5.73 Å². The molecule has 1 aliphatic heterocycles. The van der Waals surface area contributed by atoms with Crippen LogP contribution in [0.2, 0.25) is 0 Å². The molecule has 4 nitrogen and oxygen atoms in total. The topological polar surface area (TPSA) is 55.0 Å². The molecule has 0 saturated carbocycles. The van der Waals surface area contributed by atoms with E-state index in [2.05, 4.69) is 40.1 Å². The van der Waals surface area contributed by atoms with Crippen molar-refractivity contribution in [2.24, 2.45) is 0 Å². The second kappa shape index (κ2) is 4.89. The van der Waals surface area contributed by atoms with Crippen LogP contribution in [0.25, 0.3) is 0 Å². The van der Waals surface area contributed by atoms with Crippen LogP contribution in [0.15, 0.2) is 0 Å².